The van der Waals surface area contributed by atoms with Gasteiger partial charge in [-0.2, -0.15) is 5.10 Å². The molecule has 2 amide bonds. The standard InChI is InChI=1S/C30H35N7O3/c1-3-22(4-2)33-29(39)27-8-6-23(17-32-27)34-30(40)28-25-14-20(5-7-26(25)35-36-28)21-13-19(15-31-16-21)18-37-11-9-24(38)10-12-37/h5-8,13-17,22,24,38H,3-4,9-12,18H2,1-2H3,(H,33,39)(H,34,40)(H,35,36). The van der Waals surface area contributed by atoms with Crippen molar-refractivity contribution >= 4 is 28.4 Å². The van der Waals surface area contributed by atoms with Crippen molar-refractivity contribution in [1.29, 1.82) is 0 Å². The number of hydrogen-bond acceptors (Lipinski definition) is 7. The van der Waals surface area contributed by atoms with Crippen LogP contribution in [-0.2, 0) is 6.54 Å². The minimum atomic E-state index is -0.376. The van der Waals surface area contributed by atoms with Crippen molar-refractivity contribution in [2.24, 2.45) is 0 Å². The second-order valence-electron chi connectivity index (χ2n) is 10.3. The highest BCUT2D eigenvalue weighted by molar-refractivity contribution is 6.11. The maximum atomic E-state index is 13.1. The molecule has 1 aliphatic heterocycles. The molecule has 4 aromatic rings. The molecule has 10 nitrogen and oxygen atoms in total. The number of pyridine rings is 2. The first-order valence-corrected chi connectivity index (χ1v) is 13.8. The average molecular weight is 542 g/mol. The van der Waals surface area contributed by atoms with E-state index in [1.807, 2.05) is 44.4 Å². The third kappa shape index (κ3) is 6.35. The first-order valence-electron chi connectivity index (χ1n) is 13.8. The summed E-state index contributed by atoms with van der Waals surface area (Å²) in [5, 5.41) is 23.5. The smallest absolute Gasteiger partial charge is 0.276 e. The monoisotopic (exact) mass is 541 g/mol. The largest absolute Gasteiger partial charge is 0.393 e. The van der Waals surface area contributed by atoms with Gasteiger partial charge in [-0.3, -0.25) is 24.6 Å². The summed E-state index contributed by atoms with van der Waals surface area (Å²) in [4.78, 5) is 36.6. The molecular formula is C30H35N7O3. The van der Waals surface area contributed by atoms with E-state index in [4.69, 9.17) is 0 Å². The summed E-state index contributed by atoms with van der Waals surface area (Å²) < 4.78 is 0. The van der Waals surface area contributed by atoms with E-state index in [1.165, 1.54) is 6.20 Å². The summed E-state index contributed by atoms with van der Waals surface area (Å²) >= 11 is 0. The number of piperidine rings is 1. The molecule has 5 rings (SSSR count). The van der Waals surface area contributed by atoms with E-state index in [9.17, 15) is 14.7 Å². The van der Waals surface area contributed by atoms with Crippen molar-refractivity contribution in [3.63, 3.8) is 0 Å². The highest BCUT2D eigenvalue weighted by atomic mass is 16.3. The van der Waals surface area contributed by atoms with Gasteiger partial charge in [0.2, 0.25) is 0 Å². The molecule has 0 atom stereocenters. The number of H-pyrrole nitrogens is 1. The van der Waals surface area contributed by atoms with Gasteiger partial charge in [0.15, 0.2) is 5.69 Å². The highest BCUT2D eigenvalue weighted by Gasteiger charge is 2.19. The molecule has 1 saturated heterocycles. The number of nitrogens with one attached hydrogen (secondary N) is 3. The summed E-state index contributed by atoms with van der Waals surface area (Å²) in [6.45, 7) is 6.57. The Bertz CT molecular complexity index is 1470. The number of likely N-dealkylation sites (tertiary alicyclic amines) is 1. The van der Waals surface area contributed by atoms with Gasteiger partial charge in [0, 0.05) is 49.0 Å². The van der Waals surface area contributed by atoms with Crippen LogP contribution in [0.2, 0.25) is 0 Å². The minimum Gasteiger partial charge on any atom is -0.393 e. The van der Waals surface area contributed by atoms with Crippen LogP contribution in [-0.4, -0.2) is 67.2 Å². The Balaban J connectivity index is 1.29. The predicted molar refractivity (Wildman–Crippen MR) is 154 cm³/mol. The molecule has 1 fully saturated rings. The SMILES string of the molecule is CCC(CC)NC(=O)c1ccc(NC(=O)c2n[nH]c3ccc(-c4cncc(CN5CCC(O)CC5)c4)cc23)cn1. The van der Waals surface area contributed by atoms with E-state index < -0.39 is 0 Å². The molecule has 0 aliphatic carbocycles. The Hall–Kier alpha value is -4.15. The Labute approximate surface area is 233 Å². The van der Waals surface area contributed by atoms with Crippen molar-refractivity contribution < 1.29 is 14.7 Å². The van der Waals surface area contributed by atoms with Crippen LogP contribution in [0.15, 0.2) is 55.0 Å². The third-order valence-corrected chi connectivity index (χ3v) is 7.44. The summed E-state index contributed by atoms with van der Waals surface area (Å²) in [6, 6.07) is 11.3. The molecule has 0 unspecified atom stereocenters. The summed E-state index contributed by atoms with van der Waals surface area (Å²) in [5.74, 6) is -0.607. The average Bonchev–Trinajstić information content (AvgIpc) is 3.41. The number of rotatable bonds is 9. The second kappa shape index (κ2) is 12.4. The lowest BCUT2D eigenvalue weighted by Gasteiger charge is -2.29. The first kappa shape index (κ1) is 27.4. The summed E-state index contributed by atoms with van der Waals surface area (Å²) in [5.41, 5.74) is 4.77. The number of hydrogen-bond donors (Lipinski definition) is 4. The first-order chi connectivity index (χ1) is 19.4. The molecule has 0 bridgehead atoms. The molecule has 4 heterocycles. The molecule has 4 N–H and O–H groups in total. The number of carbonyl (C=O) groups is 2. The second-order valence-corrected chi connectivity index (χ2v) is 10.3. The molecule has 0 saturated carbocycles. The molecule has 3 aromatic heterocycles. The number of anilines is 1. The molecule has 10 heteroatoms. The van der Waals surface area contributed by atoms with Crippen molar-refractivity contribution in [3.8, 4) is 11.1 Å². The van der Waals surface area contributed by atoms with Crippen LogP contribution in [0.3, 0.4) is 0 Å². The van der Waals surface area contributed by atoms with Gasteiger partial charge in [0.25, 0.3) is 11.8 Å². The lowest BCUT2D eigenvalue weighted by Crippen LogP contribution is -2.35. The van der Waals surface area contributed by atoms with E-state index in [2.05, 4.69) is 41.8 Å². The van der Waals surface area contributed by atoms with Crippen LogP contribution in [0.5, 0.6) is 0 Å². The normalized spacial score (nSPS) is 14.5. The van der Waals surface area contributed by atoms with Crippen molar-refractivity contribution in [1.82, 2.24) is 30.4 Å². The van der Waals surface area contributed by atoms with Gasteiger partial charge in [0.1, 0.15) is 5.69 Å². The van der Waals surface area contributed by atoms with E-state index >= 15 is 0 Å². The van der Waals surface area contributed by atoms with Crippen molar-refractivity contribution in [2.75, 3.05) is 18.4 Å². The van der Waals surface area contributed by atoms with Crippen LogP contribution >= 0.6 is 0 Å². The molecule has 208 valence electrons. The number of fused-ring (bicyclic) bond motifs is 1. The fraction of sp³-hybridized carbons (Fsp3) is 0.367. The van der Waals surface area contributed by atoms with Gasteiger partial charge in [-0.25, -0.2) is 4.98 Å². The molecule has 0 spiro atoms. The minimum absolute atomic E-state index is 0.106. The molecule has 1 aromatic carbocycles. The van der Waals surface area contributed by atoms with Crippen molar-refractivity contribution in [3.05, 3.63) is 71.9 Å². The summed E-state index contributed by atoms with van der Waals surface area (Å²) in [7, 11) is 0. The molecule has 0 radical (unpaired) electrons. The third-order valence-electron chi connectivity index (χ3n) is 7.44. The number of benzene rings is 1. The van der Waals surface area contributed by atoms with Crippen LogP contribution in [0.4, 0.5) is 5.69 Å². The predicted octanol–water partition coefficient (Wildman–Crippen LogP) is 4.15. The van der Waals surface area contributed by atoms with Gasteiger partial charge >= 0.3 is 0 Å². The fourth-order valence-electron chi connectivity index (χ4n) is 4.98. The Morgan fingerprint density at radius 1 is 1.02 bits per heavy atom. The Morgan fingerprint density at radius 2 is 1.82 bits per heavy atom. The Morgan fingerprint density at radius 3 is 2.55 bits per heavy atom. The van der Waals surface area contributed by atoms with Gasteiger partial charge in [-0.1, -0.05) is 19.9 Å². The zero-order valence-electron chi connectivity index (χ0n) is 22.9. The summed E-state index contributed by atoms with van der Waals surface area (Å²) in [6.07, 6.45) is 8.25. The van der Waals surface area contributed by atoms with E-state index in [-0.39, 0.29) is 29.7 Å². The number of aliphatic hydroxyl groups is 1. The lowest BCUT2D eigenvalue weighted by molar-refractivity contribution is 0.0792. The van der Waals surface area contributed by atoms with Gasteiger partial charge in [-0.05, 0) is 67.1 Å². The van der Waals surface area contributed by atoms with E-state index in [0.717, 1.165) is 67.5 Å². The number of aliphatic hydroxyl groups excluding tert-OH is 1. The van der Waals surface area contributed by atoms with Gasteiger partial charge in [-0.15, -0.1) is 0 Å². The van der Waals surface area contributed by atoms with Gasteiger partial charge in [0.05, 0.1) is 23.5 Å². The van der Waals surface area contributed by atoms with Crippen LogP contribution in [0.25, 0.3) is 22.0 Å². The number of nitrogens with zero attached hydrogens (tertiary/aromatic N) is 4. The van der Waals surface area contributed by atoms with E-state index in [0.29, 0.717) is 16.8 Å². The number of aromatic amines is 1. The number of amides is 2. The highest BCUT2D eigenvalue weighted by Crippen LogP contribution is 2.27. The van der Waals surface area contributed by atoms with Crippen LogP contribution in [0, 0.1) is 0 Å². The number of carbonyl (C=O) groups excluding carboxylic acids is 2. The molecule has 1 aliphatic rings. The number of aromatic nitrogens is 4. The zero-order chi connectivity index (χ0) is 28.1. The molecule has 40 heavy (non-hydrogen) atoms. The van der Waals surface area contributed by atoms with Gasteiger partial charge < -0.3 is 15.7 Å². The Kier molecular flexibility index (Phi) is 8.47. The van der Waals surface area contributed by atoms with Crippen LogP contribution in [0.1, 0.15) is 66.1 Å². The lowest BCUT2D eigenvalue weighted by atomic mass is 10.0. The fourth-order valence-corrected chi connectivity index (χ4v) is 4.98. The topological polar surface area (TPSA) is 136 Å². The maximum Gasteiger partial charge on any atom is 0.276 e. The van der Waals surface area contributed by atoms with E-state index in [1.54, 1.807) is 12.1 Å². The quantitative estimate of drug-likeness (QED) is 0.250. The zero-order valence-corrected chi connectivity index (χ0v) is 22.9. The van der Waals surface area contributed by atoms with Crippen molar-refractivity contribution in [2.45, 2.75) is 58.2 Å². The molecular weight excluding hydrogens is 506 g/mol. The maximum absolute atomic E-state index is 13.1. The van der Waals surface area contributed by atoms with Crippen LogP contribution < -0.4 is 10.6 Å².